The lowest BCUT2D eigenvalue weighted by atomic mass is 10.6. The first-order valence-corrected chi connectivity index (χ1v) is 5.05. The van der Waals surface area contributed by atoms with Crippen LogP contribution in [0.3, 0.4) is 0 Å². The molecule has 11 heavy (non-hydrogen) atoms. The quantitative estimate of drug-likeness (QED) is 0.724. The summed E-state index contributed by atoms with van der Waals surface area (Å²) in [6.07, 6.45) is 1.56. The standard InChI is InChI=1S/C7H12Br2O2/c1-3-10-7(11-4-2)5-6(8)9/h5,7H,3-4H2,1-2H3. The molecule has 66 valence electrons. The van der Waals surface area contributed by atoms with Crippen LogP contribution in [0.5, 0.6) is 0 Å². The van der Waals surface area contributed by atoms with E-state index in [1.807, 2.05) is 19.9 Å². The van der Waals surface area contributed by atoms with Crippen molar-refractivity contribution >= 4 is 31.9 Å². The van der Waals surface area contributed by atoms with Crippen molar-refractivity contribution in [1.29, 1.82) is 0 Å². The van der Waals surface area contributed by atoms with Crippen molar-refractivity contribution in [2.24, 2.45) is 0 Å². The predicted octanol–water partition coefficient (Wildman–Crippen LogP) is 3.02. The van der Waals surface area contributed by atoms with Gasteiger partial charge in [0.15, 0.2) is 6.29 Å². The molecule has 0 amide bonds. The third-order valence-corrected chi connectivity index (χ3v) is 1.45. The maximum absolute atomic E-state index is 5.23. The zero-order chi connectivity index (χ0) is 8.69. The summed E-state index contributed by atoms with van der Waals surface area (Å²) in [4.78, 5) is 0. The van der Waals surface area contributed by atoms with Gasteiger partial charge in [-0.2, -0.15) is 0 Å². The molecule has 0 bridgehead atoms. The highest BCUT2D eigenvalue weighted by molar-refractivity contribution is 9.28. The van der Waals surface area contributed by atoms with Gasteiger partial charge in [-0.1, -0.05) is 0 Å². The maximum Gasteiger partial charge on any atom is 0.178 e. The molecule has 2 nitrogen and oxygen atoms in total. The molecule has 0 aliphatic rings. The van der Waals surface area contributed by atoms with Crippen LogP contribution in [0.4, 0.5) is 0 Å². The van der Waals surface area contributed by atoms with E-state index in [0.29, 0.717) is 13.2 Å². The third kappa shape index (κ3) is 7.00. The summed E-state index contributed by atoms with van der Waals surface area (Å²) in [6, 6.07) is 0. The Kier molecular flexibility index (Phi) is 7.69. The van der Waals surface area contributed by atoms with Crippen LogP contribution in [-0.4, -0.2) is 19.5 Å². The van der Waals surface area contributed by atoms with Gasteiger partial charge in [0.25, 0.3) is 0 Å². The molecule has 0 aromatic carbocycles. The second kappa shape index (κ2) is 7.28. The third-order valence-electron chi connectivity index (χ3n) is 0.924. The fraction of sp³-hybridized carbons (Fsp3) is 0.714. The fourth-order valence-electron chi connectivity index (χ4n) is 0.576. The molecule has 0 aromatic heterocycles. The smallest absolute Gasteiger partial charge is 0.178 e. The second-order valence-corrected chi connectivity index (χ2v) is 4.51. The van der Waals surface area contributed by atoms with Gasteiger partial charge in [-0.3, -0.25) is 0 Å². The van der Waals surface area contributed by atoms with E-state index in [1.54, 1.807) is 0 Å². The van der Waals surface area contributed by atoms with E-state index in [9.17, 15) is 0 Å². The minimum Gasteiger partial charge on any atom is -0.349 e. The first kappa shape index (κ1) is 11.6. The van der Waals surface area contributed by atoms with Crippen LogP contribution in [0.15, 0.2) is 9.47 Å². The molecule has 0 saturated carbocycles. The van der Waals surface area contributed by atoms with Gasteiger partial charge in [-0.25, -0.2) is 0 Å². The van der Waals surface area contributed by atoms with Gasteiger partial charge in [0.1, 0.15) is 0 Å². The highest BCUT2D eigenvalue weighted by atomic mass is 79.9. The van der Waals surface area contributed by atoms with Crippen LogP contribution >= 0.6 is 31.9 Å². The van der Waals surface area contributed by atoms with Crippen molar-refractivity contribution in [2.45, 2.75) is 20.1 Å². The van der Waals surface area contributed by atoms with Crippen molar-refractivity contribution in [3.63, 3.8) is 0 Å². The first-order valence-electron chi connectivity index (χ1n) is 3.46. The van der Waals surface area contributed by atoms with E-state index in [0.717, 1.165) is 3.39 Å². The van der Waals surface area contributed by atoms with Crippen LogP contribution in [0.2, 0.25) is 0 Å². The lowest BCUT2D eigenvalue weighted by Crippen LogP contribution is -2.14. The summed E-state index contributed by atoms with van der Waals surface area (Å²) in [5.74, 6) is 0. The Hall–Kier alpha value is 0.620. The lowest BCUT2D eigenvalue weighted by Gasteiger charge is -2.12. The van der Waals surface area contributed by atoms with Crippen molar-refractivity contribution in [1.82, 2.24) is 0 Å². The van der Waals surface area contributed by atoms with Crippen LogP contribution in [-0.2, 0) is 9.47 Å². The van der Waals surface area contributed by atoms with Gasteiger partial charge in [0, 0.05) is 13.2 Å². The molecule has 0 N–H and O–H groups in total. The number of halogens is 2. The molecule has 0 aromatic rings. The van der Waals surface area contributed by atoms with Gasteiger partial charge in [0.2, 0.25) is 0 Å². The Bertz CT molecular complexity index is 116. The molecule has 0 rings (SSSR count). The predicted molar refractivity (Wildman–Crippen MR) is 53.0 cm³/mol. The molecule has 0 spiro atoms. The summed E-state index contributed by atoms with van der Waals surface area (Å²) in [7, 11) is 0. The minimum absolute atomic E-state index is 0.251. The van der Waals surface area contributed by atoms with Crippen LogP contribution in [0, 0.1) is 0 Å². The molecule has 0 aliphatic carbocycles. The Morgan fingerprint density at radius 3 is 2.00 bits per heavy atom. The SMILES string of the molecule is CCOC(C=C(Br)Br)OCC. The van der Waals surface area contributed by atoms with E-state index in [4.69, 9.17) is 9.47 Å². The number of hydrogen-bond donors (Lipinski definition) is 0. The first-order chi connectivity index (χ1) is 5.20. The molecule has 0 unspecified atom stereocenters. The van der Waals surface area contributed by atoms with Crippen LogP contribution in [0.25, 0.3) is 0 Å². The number of hydrogen-bond acceptors (Lipinski definition) is 2. The van der Waals surface area contributed by atoms with E-state index in [2.05, 4.69) is 31.9 Å². The van der Waals surface area contributed by atoms with Crippen LogP contribution in [0.1, 0.15) is 13.8 Å². The summed E-state index contributed by atoms with van der Waals surface area (Å²) in [6.45, 7) is 5.16. The molecule has 0 heterocycles. The van der Waals surface area contributed by atoms with Crippen molar-refractivity contribution in [3.05, 3.63) is 9.47 Å². The highest BCUT2D eigenvalue weighted by Gasteiger charge is 2.02. The second-order valence-electron chi connectivity index (χ2n) is 1.74. The summed E-state index contributed by atoms with van der Waals surface area (Å²) >= 11 is 6.47. The van der Waals surface area contributed by atoms with Gasteiger partial charge >= 0.3 is 0 Å². The maximum atomic E-state index is 5.23. The largest absolute Gasteiger partial charge is 0.349 e. The average Bonchev–Trinajstić information content (AvgIpc) is 1.87. The van der Waals surface area contributed by atoms with Gasteiger partial charge in [-0.05, 0) is 51.8 Å². The van der Waals surface area contributed by atoms with Crippen molar-refractivity contribution in [2.75, 3.05) is 13.2 Å². The lowest BCUT2D eigenvalue weighted by molar-refractivity contribution is -0.103. The number of rotatable bonds is 5. The van der Waals surface area contributed by atoms with E-state index < -0.39 is 0 Å². The summed E-state index contributed by atoms with van der Waals surface area (Å²) < 4.78 is 11.3. The minimum atomic E-state index is -0.251. The summed E-state index contributed by atoms with van der Waals surface area (Å²) in [5.41, 5.74) is 0. The molecule has 0 saturated heterocycles. The van der Waals surface area contributed by atoms with Gasteiger partial charge < -0.3 is 9.47 Å². The molecule has 0 aliphatic heterocycles. The highest BCUT2D eigenvalue weighted by Crippen LogP contribution is 2.15. The molecule has 0 atom stereocenters. The van der Waals surface area contributed by atoms with Gasteiger partial charge in [-0.15, -0.1) is 0 Å². The monoisotopic (exact) mass is 286 g/mol. The van der Waals surface area contributed by atoms with E-state index in [1.165, 1.54) is 0 Å². The van der Waals surface area contributed by atoms with E-state index >= 15 is 0 Å². The van der Waals surface area contributed by atoms with Crippen LogP contribution < -0.4 is 0 Å². The fourth-order valence-corrected chi connectivity index (χ4v) is 1.01. The molecule has 0 radical (unpaired) electrons. The van der Waals surface area contributed by atoms with E-state index in [-0.39, 0.29) is 6.29 Å². The molecular formula is C7H12Br2O2. The topological polar surface area (TPSA) is 18.5 Å². The molecular weight excluding hydrogens is 276 g/mol. The Balaban J connectivity index is 3.78. The average molecular weight is 288 g/mol. The Labute approximate surface area is 84.2 Å². The van der Waals surface area contributed by atoms with Gasteiger partial charge in [0.05, 0.1) is 3.39 Å². The Morgan fingerprint density at radius 1 is 1.27 bits per heavy atom. The molecule has 0 fully saturated rings. The zero-order valence-electron chi connectivity index (χ0n) is 6.64. The molecule has 4 heteroatoms. The summed E-state index contributed by atoms with van der Waals surface area (Å²) in [5, 5.41) is 0. The van der Waals surface area contributed by atoms with Crippen molar-refractivity contribution < 1.29 is 9.47 Å². The number of ether oxygens (including phenoxy) is 2. The normalized spacial score (nSPS) is 10.3. The Morgan fingerprint density at radius 2 is 1.73 bits per heavy atom. The zero-order valence-corrected chi connectivity index (χ0v) is 9.81. The van der Waals surface area contributed by atoms with Crippen molar-refractivity contribution in [3.8, 4) is 0 Å².